The van der Waals surface area contributed by atoms with Crippen LogP contribution in [0.5, 0.6) is 11.5 Å². The lowest BCUT2D eigenvalue weighted by atomic mass is 10.1. The number of amides is 2. The number of aryl methyl sites for hydroxylation is 1. The van der Waals surface area contributed by atoms with Crippen LogP contribution in [0.4, 0.5) is 0 Å². The normalized spacial score (nSPS) is 11.5. The highest BCUT2D eigenvalue weighted by Crippen LogP contribution is 2.28. The summed E-state index contributed by atoms with van der Waals surface area (Å²) in [4.78, 5) is 27.6. The molecule has 32 heavy (non-hydrogen) atoms. The number of rotatable bonds is 13. The largest absolute Gasteiger partial charge is 0.493 e. The predicted octanol–water partition coefficient (Wildman–Crippen LogP) is 4.01. The summed E-state index contributed by atoms with van der Waals surface area (Å²) in [7, 11) is 3.19. The van der Waals surface area contributed by atoms with Gasteiger partial charge >= 0.3 is 0 Å². The van der Waals surface area contributed by atoms with Gasteiger partial charge in [0.2, 0.25) is 11.8 Å². The molecule has 2 aromatic rings. The molecule has 0 heterocycles. The van der Waals surface area contributed by atoms with Gasteiger partial charge in [-0.25, -0.2) is 0 Å². The summed E-state index contributed by atoms with van der Waals surface area (Å²) in [5.74, 6) is 1.16. The molecule has 0 aliphatic rings. The third kappa shape index (κ3) is 7.59. The lowest BCUT2D eigenvalue weighted by molar-refractivity contribution is -0.139. The Kier molecular flexibility index (Phi) is 10.6. The van der Waals surface area contributed by atoms with Crippen LogP contribution in [0.1, 0.15) is 44.2 Å². The number of benzene rings is 2. The molecule has 0 fully saturated rings. The van der Waals surface area contributed by atoms with E-state index in [0.717, 1.165) is 24.0 Å². The number of hydrogen-bond donors (Lipinski definition) is 1. The maximum absolute atomic E-state index is 13.2. The van der Waals surface area contributed by atoms with Crippen LogP contribution in [0, 0.1) is 0 Å². The minimum atomic E-state index is -0.520. The van der Waals surface area contributed by atoms with E-state index >= 15 is 0 Å². The molecular weight excluding hydrogens is 404 g/mol. The summed E-state index contributed by atoms with van der Waals surface area (Å²) in [6.45, 7) is 5.02. The minimum absolute atomic E-state index is 0.0335. The molecule has 1 unspecified atom stereocenters. The average Bonchev–Trinajstić information content (AvgIpc) is 2.83. The molecule has 2 rings (SSSR count). The average molecular weight is 441 g/mol. The van der Waals surface area contributed by atoms with E-state index in [1.54, 1.807) is 26.0 Å². The van der Waals surface area contributed by atoms with Gasteiger partial charge in [-0.3, -0.25) is 9.59 Å². The second-order valence-electron chi connectivity index (χ2n) is 7.83. The first kappa shape index (κ1) is 25.2. The van der Waals surface area contributed by atoms with Gasteiger partial charge in [0.15, 0.2) is 11.5 Å². The van der Waals surface area contributed by atoms with Crippen molar-refractivity contribution in [3.63, 3.8) is 0 Å². The Balaban J connectivity index is 2.07. The van der Waals surface area contributed by atoms with Crippen molar-refractivity contribution in [3.05, 3.63) is 59.7 Å². The van der Waals surface area contributed by atoms with Crippen LogP contribution in [0.15, 0.2) is 48.5 Å². The highest BCUT2D eigenvalue weighted by molar-refractivity contribution is 5.87. The molecule has 6 heteroatoms. The van der Waals surface area contributed by atoms with Crippen molar-refractivity contribution >= 4 is 11.8 Å². The van der Waals surface area contributed by atoms with Gasteiger partial charge in [0.1, 0.15) is 6.04 Å². The number of carbonyl (C=O) groups is 2. The first-order chi connectivity index (χ1) is 15.5. The van der Waals surface area contributed by atoms with Crippen molar-refractivity contribution in [2.45, 2.75) is 52.0 Å². The van der Waals surface area contributed by atoms with Crippen molar-refractivity contribution in [1.29, 1.82) is 0 Å². The zero-order valence-corrected chi connectivity index (χ0v) is 19.7. The van der Waals surface area contributed by atoms with Crippen LogP contribution in [0.2, 0.25) is 0 Å². The maximum Gasteiger partial charge on any atom is 0.242 e. The minimum Gasteiger partial charge on any atom is -0.493 e. The molecule has 174 valence electrons. The molecule has 0 aromatic heterocycles. The van der Waals surface area contributed by atoms with Gasteiger partial charge in [0, 0.05) is 19.5 Å². The zero-order chi connectivity index (χ0) is 23.3. The molecule has 0 aliphatic heterocycles. The van der Waals surface area contributed by atoms with Gasteiger partial charge in [-0.15, -0.1) is 0 Å². The van der Waals surface area contributed by atoms with E-state index in [-0.39, 0.29) is 11.8 Å². The predicted molar refractivity (Wildman–Crippen MR) is 127 cm³/mol. The number of ether oxygens (including phenoxy) is 2. The summed E-state index contributed by atoms with van der Waals surface area (Å²) >= 11 is 0. The summed E-state index contributed by atoms with van der Waals surface area (Å²) in [5.41, 5.74) is 2.13. The second kappa shape index (κ2) is 13.4. The Hall–Kier alpha value is -3.02. The fraction of sp³-hybridized carbons (Fsp3) is 0.462. The standard InChI is InChI=1S/C26H36N2O4/c1-5-6-17-27-26(30)20(2)28(18-16-21-10-8-7-9-11-21)25(29)15-13-22-12-14-23(31-3)24(19-22)32-4/h7-12,14,19-20H,5-6,13,15-18H2,1-4H3,(H,27,30). The zero-order valence-electron chi connectivity index (χ0n) is 19.7. The number of nitrogens with one attached hydrogen (secondary N) is 1. The monoisotopic (exact) mass is 440 g/mol. The first-order valence-corrected chi connectivity index (χ1v) is 11.3. The second-order valence-corrected chi connectivity index (χ2v) is 7.83. The molecule has 0 spiro atoms. The fourth-order valence-electron chi connectivity index (χ4n) is 3.54. The SMILES string of the molecule is CCCCNC(=O)C(C)N(CCc1ccccc1)C(=O)CCc1ccc(OC)c(OC)c1. The Morgan fingerprint density at radius 1 is 0.969 bits per heavy atom. The lowest BCUT2D eigenvalue weighted by Gasteiger charge is -2.29. The van der Waals surface area contributed by atoms with Gasteiger partial charge in [-0.1, -0.05) is 49.7 Å². The van der Waals surface area contributed by atoms with Gasteiger partial charge in [-0.2, -0.15) is 0 Å². The van der Waals surface area contributed by atoms with Crippen molar-refractivity contribution in [1.82, 2.24) is 10.2 Å². The first-order valence-electron chi connectivity index (χ1n) is 11.3. The van der Waals surface area contributed by atoms with Gasteiger partial charge in [-0.05, 0) is 49.4 Å². The highest BCUT2D eigenvalue weighted by atomic mass is 16.5. The molecule has 0 radical (unpaired) electrons. The fourth-order valence-corrected chi connectivity index (χ4v) is 3.54. The molecule has 1 N–H and O–H groups in total. The van der Waals surface area contributed by atoms with E-state index in [4.69, 9.17) is 9.47 Å². The van der Waals surface area contributed by atoms with Crippen LogP contribution in [-0.2, 0) is 22.4 Å². The lowest BCUT2D eigenvalue weighted by Crippen LogP contribution is -2.49. The molecule has 0 saturated heterocycles. The summed E-state index contributed by atoms with van der Waals surface area (Å²) in [6.07, 6.45) is 3.52. The van der Waals surface area contributed by atoms with Crippen molar-refractivity contribution < 1.29 is 19.1 Å². The van der Waals surface area contributed by atoms with Crippen LogP contribution < -0.4 is 14.8 Å². The molecule has 2 aromatic carbocycles. The van der Waals surface area contributed by atoms with Crippen LogP contribution in [0.3, 0.4) is 0 Å². The van der Waals surface area contributed by atoms with E-state index in [9.17, 15) is 9.59 Å². The molecule has 0 aliphatic carbocycles. The third-order valence-electron chi connectivity index (χ3n) is 5.56. The molecule has 0 saturated carbocycles. The van der Waals surface area contributed by atoms with E-state index in [1.165, 1.54) is 0 Å². The van der Waals surface area contributed by atoms with Gasteiger partial charge in [0.25, 0.3) is 0 Å². The topological polar surface area (TPSA) is 67.9 Å². The maximum atomic E-state index is 13.2. The number of unbranched alkanes of at least 4 members (excludes halogenated alkanes) is 1. The Bertz CT molecular complexity index is 854. The van der Waals surface area contributed by atoms with E-state index in [0.29, 0.717) is 43.9 Å². The van der Waals surface area contributed by atoms with Crippen LogP contribution >= 0.6 is 0 Å². The Labute approximate surface area is 191 Å². The third-order valence-corrected chi connectivity index (χ3v) is 5.56. The highest BCUT2D eigenvalue weighted by Gasteiger charge is 2.25. The van der Waals surface area contributed by atoms with E-state index in [1.807, 2.05) is 48.5 Å². The summed E-state index contributed by atoms with van der Waals surface area (Å²) in [5, 5.41) is 2.96. The molecule has 1 atom stereocenters. The molecule has 6 nitrogen and oxygen atoms in total. The van der Waals surface area contributed by atoms with Crippen LogP contribution in [0.25, 0.3) is 0 Å². The summed E-state index contributed by atoms with van der Waals surface area (Å²) in [6, 6.07) is 15.2. The Morgan fingerprint density at radius 2 is 1.69 bits per heavy atom. The molecule has 2 amide bonds. The molecular formula is C26H36N2O4. The number of nitrogens with zero attached hydrogens (tertiary/aromatic N) is 1. The summed E-state index contributed by atoms with van der Waals surface area (Å²) < 4.78 is 10.6. The smallest absolute Gasteiger partial charge is 0.242 e. The van der Waals surface area contributed by atoms with Gasteiger partial charge < -0.3 is 19.7 Å². The molecule has 0 bridgehead atoms. The van der Waals surface area contributed by atoms with Gasteiger partial charge in [0.05, 0.1) is 14.2 Å². The number of methoxy groups -OCH3 is 2. The number of hydrogen-bond acceptors (Lipinski definition) is 4. The Morgan fingerprint density at radius 3 is 2.34 bits per heavy atom. The van der Waals surface area contributed by atoms with Crippen molar-refractivity contribution in [3.8, 4) is 11.5 Å². The number of carbonyl (C=O) groups excluding carboxylic acids is 2. The van der Waals surface area contributed by atoms with Crippen LogP contribution in [-0.4, -0.2) is 50.1 Å². The van der Waals surface area contributed by atoms with E-state index in [2.05, 4.69) is 12.2 Å². The van der Waals surface area contributed by atoms with Crippen molar-refractivity contribution in [2.75, 3.05) is 27.3 Å². The van der Waals surface area contributed by atoms with Crippen molar-refractivity contribution in [2.24, 2.45) is 0 Å². The quantitative estimate of drug-likeness (QED) is 0.478. The van der Waals surface area contributed by atoms with E-state index < -0.39 is 6.04 Å².